The van der Waals surface area contributed by atoms with E-state index in [1.807, 2.05) is 4.98 Å². The molecule has 25 heavy (non-hydrogen) atoms. The van der Waals surface area contributed by atoms with E-state index in [1.165, 1.54) is 0 Å². The molecule has 1 heterocycles. The van der Waals surface area contributed by atoms with E-state index in [0.717, 1.165) is 16.8 Å². The van der Waals surface area contributed by atoms with Crippen molar-refractivity contribution in [3.8, 4) is 0 Å². The number of hydrogen-bond acceptors (Lipinski definition) is 9. The van der Waals surface area contributed by atoms with Gasteiger partial charge in [0.2, 0.25) is 0 Å². The van der Waals surface area contributed by atoms with E-state index in [1.54, 1.807) is 0 Å². The van der Waals surface area contributed by atoms with Crippen molar-refractivity contribution in [2.45, 2.75) is 12.6 Å². The Balaban J connectivity index is 2.64. The molecule has 0 aromatic carbocycles. The Hall–Kier alpha value is -0.950. The van der Waals surface area contributed by atoms with Crippen LogP contribution in [0.5, 0.6) is 0 Å². The molecule has 0 aliphatic heterocycles. The molecular formula is C7H13N2O13P3. The van der Waals surface area contributed by atoms with Gasteiger partial charge in [0, 0.05) is 12.3 Å². The average Bonchev–Trinajstić information content (AvgIpc) is 2.35. The Bertz CT molecular complexity index is 854. The first-order valence-electron chi connectivity index (χ1n) is 5.95. The van der Waals surface area contributed by atoms with Gasteiger partial charge in [0.25, 0.3) is 5.56 Å². The summed E-state index contributed by atoms with van der Waals surface area (Å²) in [7, 11) is -16.5. The molecule has 144 valence electrons. The lowest BCUT2D eigenvalue weighted by molar-refractivity contribution is 0.0711. The minimum atomic E-state index is -5.65. The number of aromatic amines is 1. The second-order valence-electron chi connectivity index (χ2n) is 4.30. The summed E-state index contributed by atoms with van der Waals surface area (Å²) in [6.45, 7) is -1.49. The van der Waals surface area contributed by atoms with Crippen LogP contribution in [0.3, 0.4) is 0 Å². The number of aliphatic hydroxyl groups excluding tert-OH is 1. The Morgan fingerprint density at radius 3 is 2.20 bits per heavy atom. The van der Waals surface area contributed by atoms with Crippen molar-refractivity contribution >= 4 is 23.5 Å². The highest BCUT2D eigenvalue weighted by atomic mass is 31.3. The zero-order valence-corrected chi connectivity index (χ0v) is 14.6. The summed E-state index contributed by atoms with van der Waals surface area (Å²) in [5, 5.41) is 9.59. The maximum atomic E-state index is 11.4. The van der Waals surface area contributed by atoms with Crippen LogP contribution in [-0.2, 0) is 33.4 Å². The number of phosphoric ester groups is 1. The van der Waals surface area contributed by atoms with E-state index < -0.39 is 54.0 Å². The summed E-state index contributed by atoms with van der Waals surface area (Å²) < 4.78 is 44.8. The fraction of sp³-hybridized carbons (Fsp3) is 0.429. The van der Waals surface area contributed by atoms with Crippen molar-refractivity contribution in [2.24, 2.45) is 0 Å². The number of phosphoric acid groups is 3. The second kappa shape index (κ2) is 8.16. The summed E-state index contributed by atoms with van der Waals surface area (Å²) in [5.74, 6) is 0. The van der Waals surface area contributed by atoms with Gasteiger partial charge in [-0.05, 0) is 0 Å². The standard InChI is InChI=1S/C7H13N2O13P3/c10-5(3-9-2-1-6(11)8-7(9)12)4-20-24(16,17)22-25(18,19)21-23(13,14)15/h1-2,5,10H,3-4H2,(H,16,17)(H,18,19)(H,8,11,12)(H2,13,14,15)/t5-/m0/s1. The van der Waals surface area contributed by atoms with Crippen molar-refractivity contribution < 1.29 is 51.5 Å². The molecule has 0 amide bonds. The summed E-state index contributed by atoms with van der Waals surface area (Å²) in [6.07, 6.45) is -0.580. The van der Waals surface area contributed by atoms with Gasteiger partial charge in [-0.25, -0.2) is 18.5 Å². The summed E-state index contributed by atoms with van der Waals surface area (Å²) in [5.41, 5.74) is -1.58. The maximum absolute atomic E-state index is 11.4. The van der Waals surface area contributed by atoms with Crippen molar-refractivity contribution in [2.75, 3.05) is 6.61 Å². The highest BCUT2D eigenvalue weighted by Crippen LogP contribution is 2.66. The molecule has 0 spiro atoms. The molecule has 18 heteroatoms. The normalized spacial score (nSPS) is 18.3. The first kappa shape index (κ1) is 22.1. The fourth-order valence-electron chi connectivity index (χ4n) is 1.35. The van der Waals surface area contributed by atoms with Gasteiger partial charge in [0.1, 0.15) is 0 Å². The summed E-state index contributed by atoms with van der Waals surface area (Å²) in [4.78, 5) is 58.9. The number of hydrogen-bond donors (Lipinski definition) is 6. The van der Waals surface area contributed by atoms with E-state index in [4.69, 9.17) is 14.7 Å². The van der Waals surface area contributed by atoms with Crippen LogP contribution in [0.25, 0.3) is 0 Å². The lowest BCUT2D eigenvalue weighted by atomic mass is 10.4. The van der Waals surface area contributed by atoms with Crippen LogP contribution in [0.4, 0.5) is 0 Å². The van der Waals surface area contributed by atoms with Crippen LogP contribution in [0.1, 0.15) is 0 Å². The third-order valence-electron chi connectivity index (χ3n) is 2.15. The van der Waals surface area contributed by atoms with Crippen molar-refractivity contribution in [1.82, 2.24) is 9.55 Å². The molecule has 6 N–H and O–H groups in total. The topological polar surface area (TPSA) is 235 Å². The van der Waals surface area contributed by atoms with E-state index in [-0.39, 0.29) is 0 Å². The van der Waals surface area contributed by atoms with Crippen LogP contribution in [0.2, 0.25) is 0 Å². The molecule has 15 nitrogen and oxygen atoms in total. The molecule has 0 saturated heterocycles. The van der Waals surface area contributed by atoms with Crippen molar-refractivity contribution in [3.63, 3.8) is 0 Å². The van der Waals surface area contributed by atoms with E-state index in [2.05, 4.69) is 13.1 Å². The molecule has 0 radical (unpaired) electrons. The monoisotopic (exact) mass is 426 g/mol. The van der Waals surface area contributed by atoms with Crippen molar-refractivity contribution in [1.29, 1.82) is 0 Å². The molecule has 1 aromatic heterocycles. The van der Waals surface area contributed by atoms with E-state index in [0.29, 0.717) is 0 Å². The van der Waals surface area contributed by atoms with Gasteiger partial charge in [-0.3, -0.25) is 18.9 Å². The molecule has 0 fully saturated rings. The Kier molecular flexibility index (Phi) is 7.21. The molecular weight excluding hydrogens is 413 g/mol. The van der Waals surface area contributed by atoms with Crippen LogP contribution in [0, 0.1) is 0 Å². The third kappa shape index (κ3) is 8.81. The van der Waals surface area contributed by atoms with Crippen molar-refractivity contribution in [3.05, 3.63) is 33.1 Å². The van der Waals surface area contributed by atoms with Gasteiger partial charge in [0.05, 0.1) is 19.3 Å². The Labute approximate surface area is 137 Å². The number of aliphatic hydroxyl groups is 1. The van der Waals surface area contributed by atoms with Gasteiger partial charge in [-0.15, -0.1) is 0 Å². The smallest absolute Gasteiger partial charge is 0.389 e. The minimum absolute atomic E-state index is 0.495. The van der Waals surface area contributed by atoms with Gasteiger partial charge in [-0.2, -0.15) is 8.62 Å². The summed E-state index contributed by atoms with van der Waals surface area (Å²) >= 11 is 0. The lowest BCUT2D eigenvalue weighted by Gasteiger charge is -2.18. The number of rotatable bonds is 9. The Morgan fingerprint density at radius 1 is 1.08 bits per heavy atom. The SMILES string of the molecule is O=c1ccn(C[C@H](O)COP(=O)(O)OP(=O)(O)OP(=O)(O)O)c(=O)[nH]1. The third-order valence-corrected chi connectivity index (χ3v) is 5.95. The quantitative estimate of drug-likeness (QED) is 0.240. The van der Waals surface area contributed by atoms with E-state index in [9.17, 15) is 33.3 Å². The fourth-order valence-corrected chi connectivity index (χ4v) is 4.41. The second-order valence-corrected chi connectivity index (χ2v) is 8.72. The molecule has 0 aliphatic rings. The number of nitrogens with zero attached hydrogens (tertiary/aromatic N) is 1. The van der Waals surface area contributed by atoms with Crippen LogP contribution in [0.15, 0.2) is 21.9 Å². The van der Waals surface area contributed by atoms with Crippen LogP contribution < -0.4 is 11.2 Å². The van der Waals surface area contributed by atoms with Gasteiger partial charge in [0.15, 0.2) is 0 Å². The molecule has 1 aromatic rings. The summed E-state index contributed by atoms with van der Waals surface area (Å²) in [6, 6.07) is 0.969. The highest BCUT2D eigenvalue weighted by Gasteiger charge is 2.40. The predicted molar refractivity (Wildman–Crippen MR) is 77.1 cm³/mol. The van der Waals surface area contributed by atoms with Crippen LogP contribution >= 0.6 is 23.5 Å². The average molecular weight is 426 g/mol. The van der Waals surface area contributed by atoms with E-state index >= 15 is 0 Å². The van der Waals surface area contributed by atoms with Gasteiger partial charge >= 0.3 is 29.2 Å². The van der Waals surface area contributed by atoms with Gasteiger partial charge in [-0.1, -0.05) is 0 Å². The lowest BCUT2D eigenvalue weighted by Crippen LogP contribution is -2.33. The number of nitrogens with one attached hydrogen (secondary N) is 1. The largest absolute Gasteiger partial charge is 0.490 e. The van der Waals surface area contributed by atoms with Crippen LogP contribution in [-0.4, -0.2) is 46.9 Å². The maximum Gasteiger partial charge on any atom is 0.490 e. The van der Waals surface area contributed by atoms with Gasteiger partial charge < -0.3 is 24.7 Å². The molecule has 0 bridgehead atoms. The zero-order chi connectivity index (χ0) is 19.5. The minimum Gasteiger partial charge on any atom is -0.389 e. The highest BCUT2D eigenvalue weighted by molar-refractivity contribution is 7.66. The molecule has 0 saturated carbocycles. The number of H-pyrrole nitrogens is 1. The molecule has 0 aliphatic carbocycles. The zero-order valence-electron chi connectivity index (χ0n) is 11.9. The Morgan fingerprint density at radius 2 is 1.68 bits per heavy atom. The number of aromatic nitrogens is 2. The first-order chi connectivity index (χ1) is 11.2. The predicted octanol–water partition coefficient (Wildman–Crippen LogP) is -1.76. The first-order valence-corrected chi connectivity index (χ1v) is 10.5. The molecule has 3 atom stereocenters. The molecule has 1 rings (SSSR count). The molecule has 2 unspecified atom stereocenters.